The van der Waals surface area contributed by atoms with E-state index in [0.29, 0.717) is 12.2 Å². The highest BCUT2D eigenvalue weighted by atomic mass is 32.2. The molecule has 6 nitrogen and oxygen atoms in total. The smallest absolute Gasteiger partial charge is 0.238 e. The van der Waals surface area contributed by atoms with E-state index in [4.69, 9.17) is 23.1 Å². The Kier molecular flexibility index (Phi) is 4.51. The van der Waals surface area contributed by atoms with Crippen LogP contribution < -0.4 is 16.2 Å². The summed E-state index contributed by atoms with van der Waals surface area (Å²) in [5.74, 6) is 0. The van der Waals surface area contributed by atoms with Gasteiger partial charge in [0.2, 0.25) is 10.0 Å². The van der Waals surface area contributed by atoms with Crippen LogP contribution in [0.5, 0.6) is 0 Å². The van der Waals surface area contributed by atoms with Crippen molar-refractivity contribution in [3.63, 3.8) is 0 Å². The summed E-state index contributed by atoms with van der Waals surface area (Å²) in [5, 5.41) is 8.20. The average molecular weight is 322 g/mol. The third-order valence-corrected chi connectivity index (χ3v) is 3.90. The highest BCUT2D eigenvalue weighted by Crippen LogP contribution is 2.14. The fraction of sp³-hybridized carbons (Fsp3) is 0.0769. The van der Waals surface area contributed by atoms with E-state index in [9.17, 15) is 8.42 Å². The fourth-order valence-electron chi connectivity index (χ4n) is 1.74. The lowest BCUT2D eigenvalue weighted by molar-refractivity contribution is 0.598. The van der Waals surface area contributed by atoms with Gasteiger partial charge in [0.1, 0.15) is 10.7 Å². The number of aromatic nitrogens is 1. The lowest BCUT2D eigenvalue weighted by Gasteiger charge is -2.10. The van der Waals surface area contributed by atoms with Crippen LogP contribution in [-0.2, 0) is 16.6 Å². The first kappa shape index (κ1) is 15.4. The number of pyridine rings is 1. The van der Waals surface area contributed by atoms with Crippen molar-refractivity contribution < 1.29 is 8.42 Å². The second-order valence-corrected chi connectivity index (χ2v) is 6.31. The molecule has 0 atom stereocenters. The molecule has 1 heterocycles. The summed E-state index contributed by atoms with van der Waals surface area (Å²) < 4.78 is 22.3. The maximum Gasteiger partial charge on any atom is 0.238 e. The Morgan fingerprint density at radius 1 is 1.24 bits per heavy atom. The minimum Gasteiger partial charge on any atom is -0.388 e. The number of primary sulfonamides is 1. The van der Waals surface area contributed by atoms with Crippen LogP contribution in [0.2, 0.25) is 0 Å². The quantitative estimate of drug-likeness (QED) is 0.708. The molecule has 1 aromatic carbocycles. The summed E-state index contributed by atoms with van der Waals surface area (Å²) in [7, 11) is -3.67. The SMILES string of the molecule is NC(=S)c1ncccc1NCc1ccc(S(N)(=O)=O)cc1. The number of nitrogens with one attached hydrogen (secondary N) is 1. The van der Waals surface area contributed by atoms with Gasteiger partial charge in [-0.2, -0.15) is 0 Å². The largest absolute Gasteiger partial charge is 0.388 e. The summed E-state index contributed by atoms with van der Waals surface area (Å²) in [4.78, 5) is 4.40. The van der Waals surface area contributed by atoms with Gasteiger partial charge in [-0.3, -0.25) is 4.98 Å². The van der Waals surface area contributed by atoms with Gasteiger partial charge in [0.15, 0.2) is 0 Å². The number of thiocarbonyl (C=S) groups is 1. The molecular weight excluding hydrogens is 308 g/mol. The minimum atomic E-state index is -3.67. The van der Waals surface area contributed by atoms with E-state index in [0.717, 1.165) is 11.3 Å². The number of hydrogen-bond donors (Lipinski definition) is 3. The molecule has 8 heteroatoms. The molecule has 0 saturated heterocycles. The molecule has 0 fully saturated rings. The lowest BCUT2D eigenvalue weighted by Crippen LogP contribution is -2.15. The first-order valence-electron chi connectivity index (χ1n) is 5.98. The predicted octanol–water partition coefficient (Wildman–Crippen LogP) is 0.975. The van der Waals surface area contributed by atoms with E-state index >= 15 is 0 Å². The topological polar surface area (TPSA) is 111 Å². The number of anilines is 1. The minimum absolute atomic E-state index is 0.0800. The fourth-order valence-corrected chi connectivity index (χ4v) is 2.42. The zero-order valence-corrected chi connectivity index (χ0v) is 12.6. The first-order chi connectivity index (χ1) is 9.88. The maximum absolute atomic E-state index is 11.2. The summed E-state index contributed by atoms with van der Waals surface area (Å²) >= 11 is 4.93. The second kappa shape index (κ2) is 6.17. The van der Waals surface area contributed by atoms with Crippen molar-refractivity contribution in [3.8, 4) is 0 Å². The number of nitrogens with two attached hydrogens (primary N) is 2. The Morgan fingerprint density at radius 3 is 2.48 bits per heavy atom. The number of rotatable bonds is 5. The molecule has 5 N–H and O–H groups in total. The van der Waals surface area contributed by atoms with E-state index in [1.807, 2.05) is 6.07 Å². The molecule has 0 aliphatic carbocycles. The normalized spacial score (nSPS) is 11.1. The van der Waals surface area contributed by atoms with Gasteiger partial charge < -0.3 is 11.1 Å². The Hall–Kier alpha value is -2.03. The number of nitrogens with zero attached hydrogens (tertiary/aromatic N) is 1. The predicted molar refractivity (Wildman–Crippen MR) is 85.3 cm³/mol. The molecule has 0 aliphatic heterocycles. The summed E-state index contributed by atoms with van der Waals surface area (Å²) in [6.45, 7) is 0.478. The van der Waals surface area contributed by atoms with Crippen molar-refractivity contribution in [2.24, 2.45) is 10.9 Å². The van der Waals surface area contributed by atoms with Crippen molar-refractivity contribution in [2.45, 2.75) is 11.4 Å². The molecule has 2 aromatic rings. The van der Waals surface area contributed by atoms with Crippen LogP contribution in [0.25, 0.3) is 0 Å². The standard InChI is InChI=1S/C13H14N4O2S2/c14-13(20)12-11(2-1-7-16-12)17-8-9-3-5-10(6-4-9)21(15,18)19/h1-7,17H,8H2,(H2,14,20)(H2,15,18,19). The molecule has 0 saturated carbocycles. The molecule has 0 bridgehead atoms. The van der Waals surface area contributed by atoms with Crippen LogP contribution in [0.4, 0.5) is 5.69 Å². The molecule has 0 spiro atoms. The van der Waals surface area contributed by atoms with Gasteiger partial charge in [-0.25, -0.2) is 13.6 Å². The molecular formula is C13H14N4O2S2. The van der Waals surface area contributed by atoms with E-state index in [1.165, 1.54) is 12.1 Å². The van der Waals surface area contributed by atoms with Crippen molar-refractivity contribution in [2.75, 3.05) is 5.32 Å². The number of benzene rings is 1. The molecule has 0 unspecified atom stereocenters. The van der Waals surface area contributed by atoms with Gasteiger partial charge in [-0.05, 0) is 29.8 Å². The zero-order valence-electron chi connectivity index (χ0n) is 11.0. The Balaban J connectivity index is 2.12. The van der Waals surface area contributed by atoms with Gasteiger partial charge in [0.05, 0.1) is 10.6 Å². The van der Waals surface area contributed by atoms with Crippen LogP contribution in [0.3, 0.4) is 0 Å². The average Bonchev–Trinajstić information content (AvgIpc) is 2.45. The Morgan fingerprint density at radius 2 is 1.90 bits per heavy atom. The van der Waals surface area contributed by atoms with Gasteiger partial charge in [-0.1, -0.05) is 24.4 Å². The maximum atomic E-state index is 11.2. The van der Waals surface area contributed by atoms with Crippen LogP contribution in [0.1, 0.15) is 11.3 Å². The third-order valence-electron chi connectivity index (χ3n) is 2.78. The van der Waals surface area contributed by atoms with Gasteiger partial charge in [0.25, 0.3) is 0 Å². The molecule has 1 aromatic heterocycles. The van der Waals surface area contributed by atoms with Crippen molar-refractivity contribution >= 4 is 32.9 Å². The van der Waals surface area contributed by atoms with E-state index in [1.54, 1.807) is 24.4 Å². The van der Waals surface area contributed by atoms with Crippen molar-refractivity contribution in [1.82, 2.24) is 4.98 Å². The second-order valence-electron chi connectivity index (χ2n) is 4.31. The van der Waals surface area contributed by atoms with Gasteiger partial charge >= 0.3 is 0 Å². The molecule has 110 valence electrons. The highest BCUT2D eigenvalue weighted by Gasteiger charge is 2.08. The molecule has 0 radical (unpaired) electrons. The molecule has 0 amide bonds. The number of hydrogen-bond acceptors (Lipinski definition) is 5. The summed E-state index contributed by atoms with van der Waals surface area (Å²) in [6.07, 6.45) is 1.61. The van der Waals surface area contributed by atoms with Crippen LogP contribution in [0.15, 0.2) is 47.5 Å². The van der Waals surface area contributed by atoms with Crippen molar-refractivity contribution in [1.29, 1.82) is 0 Å². The van der Waals surface area contributed by atoms with E-state index in [-0.39, 0.29) is 9.88 Å². The van der Waals surface area contributed by atoms with Crippen LogP contribution in [0, 0.1) is 0 Å². The van der Waals surface area contributed by atoms with E-state index in [2.05, 4.69) is 10.3 Å². The summed E-state index contributed by atoms with van der Waals surface area (Å²) in [5.41, 5.74) is 7.73. The monoisotopic (exact) mass is 322 g/mol. The number of sulfonamides is 1. The molecule has 0 aliphatic rings. The molecule has 2 rings (SSSR count). The van der Waals surface area contributed by atoms with Gasteiger partial charge in [0, 0.05) is 12.7 Å². The summed E-state index contributed by atoms with van der Waals surface area (Å²) in [6, 6.07) is 9.88. The van der Waals surface area contributed by atoms with Crippen LogP contribution in [-0.4, -0.2) is 18.4 Å². The van der Waals surface area contributed by atoms with Crippen LogP contribution >= 0.6 is 12.2 Å². The first-order valence-corrected chi connectivity index (χ1v) is 7.94. The Labute approximate surface area is 128 Å². The highest BCUT2D eigenvalue weighted by molar-refractivity contribution is 7.89. The zero-order chi connectivity index (χ0) is 15.5. The molecule has 21 heavy (non-hydrogen) atoms. The van der Waals surface area contributed by atoms with E-state index < -0.39 is 10.0 Å². The Bertz CT molecular complexity index is 758. The van der Waals surface area contributed by atoms with Crippen molar-refractivity contribution in [3.05, 3.63) is 53.9 Å². The van der Waals surface area contributed by atoms with Gasteiger partial charge in [-0.15, -0.1) is 0 Å². The lowest BCUT2D eigenvalue weighted by atomic mass is 10.2. The third kappa shape index (κ3) is 3.97.